The van der Waals surface area contributed by atoms with E-state index in [1.165, 1.54) is 0 Å². The van der Waals surface area contributed by atoms with Gasteiger partial charge < -0.3 is 15.0 Å². The highest BCUT2D eigenvalue weighted by Crippen LogP contribution is 2.24. The molecule has 19 heavy (non-hydrogen) atoms. The summed E-state index contributed by atoms with van der Waals surface area (Å²) in [6, 6.07) is 8.07. The van der Waals surface area contributed by atoms with E-state index in [-0.39, 0.29) is 6.10 Å². The highest BCUT2D eigenvalue weighted by Gasteiger charge is 2.16. The molecule has 1 aromatic heterocycles. The van der Waals surface area contributed by atoms with Crippen LogP contribution in [0.1, 0.15) is 17.8 Å². The minimum Gasteiger partial charge on any atom is -0.370 e. The molecule has 5 nitrogen and oxygen atoms in total. The smallest absolute Gasteiger partial charge is 0.257 e. The second kappa shape index (κ2) is 7.04. The summed E-state index contributed by atoms with van der Waals surface area (Å²) in [5.74, 6) is 1.71. The van der Waals surface area contributed by atoms with Crippen LogP contribution in [0.3, 0.4) is 0 Å². The van der Waals surface area contributed by atoms with Crippen molar-refractivity contribution in [2.75, 3.05) is 13.7 Å². The quantitative estimate of drug-likeness (QED) is 0.813. The van der Waals surface area contributed by atoms with Crippen molar-refractivity contribution in [3.8, 4) is 0 Å². The molecule has 102 valence electrons. The number of nitrogens with zero attached hydrogens (tertiary/aromatic N) is 2. The van der Waals surface area contributed by atoms with Crippen LogP contribution in [0.15, 0.2) is 38.2 Å². The first-order chi connectivity index (χ1) is 9.22. The lowest BCUT2D eigenvalue weighted by atomic mass is 10.3. The second-order valence-corrected chi connectivity index (χ2v) is 5.72. The summed E-state index contributed by atoms with van der Waals surface area (Å²) < 4.78 is 11.3. The predicted octanol–water partition coefficient (Wildman–Crippen LogP) is 2.77. The first-order valence-corrected chi connectivity index (χ1v) is 7.44. The average molecular weight is 344 g/mol. The molecular weight excluding hydrogens is 330 g/mol. The number of thioether (sulfide) groups is 1. The Hall–Kier alpha value is -0.890. The third kappa shape index (κ3) is 4.04. The summed E-state index contributed by atoms with van der Waals surface area (Å²) >= 11 is 5.05. The highest BCUT2D eigenvalue weighted by molar-refractivity contribution is 9.10. The van der Waals surface area contributed by atoms with Crippen LogP contribution in [0.25, 0.3) is 0 Å². The molecule has 0 fully saturated rings. The lowest BCUT2D eigenvalue weighted by molar-refractivity contribution is 0.0804. The van der Waals surface area contributed by atoms with E-state index in [1.807, 2.05) is 24.3 Å². The first-order valence-electron chi connectivity index (χ1n) is 5.66. The van der Waals surface area contributed by atoms with Gasteiger partial charge in [0, 0.05) is 23.0 Å². The van der Waals surface area contributed by atoms with Gasteiger partial charge in [-0.3, -0.25) is 0 Å². The minimum atomic E-state index is -0.334. The van der Waals surface area contributed by atoms with Gasteiger partial charge >= 0.3 is 0 Å². The van der Waals surface area contributed by atoms with E-state index >= 15 is 0 Å². The molecule has 0 aliphatic carbocycles. The van der Waals surface area contributed by atoms with Crippen LogP contribution in [0, 0.1) is 0 Å². The largest absolute Gasteiger partial charge is 0.370 e. The molecule has 0 saturated heterocycles. The Morgan fingerprint density at radius 3 is 2.79 bits per heavy atom. The molecule has 0 spiro atoms. The normalized spacial score (nSPS) is 12.6. The first kappa shape index (κ1) is 14.5. The fraction of sp³-hybridized carbons (Fsp3) is 0.333. The van der Waals surface area contributed by atoms with Crippen molar-refractivity contribution in [3.05, 3.63) is 40.5 Å². The number of nitrogens with two attached hydrogens (primary N) is 1. The van der Waals surface area contributed by atoms with E-state index in [4.69, 9.17) is 15.0 Å². The van der Waals surface area contributed by atoms with Crippen molar-refractivity contribution < 1.29 is 9.26 Å². The number of halogens is 1. The molecule has 0 amide bonds. The van der Waals surface area contributed by atoms with E-state index in [0.29, 0.717) is 24.0 Å². The number of benzene rings is 1. The summed E-state index contributed by atoms with van der Waals surface area (Å²) in [4.78, 5) is 5.42. The van der Waals surface area contributed by atoms with Gasteiger partial charge in [-0.2, -0.15) is 4.98 Å². The zero-order valence-electron chi connectivity index (χ0n) is 10.4. The van der Waals surface area contributed by atoms with E-state index in [0.717, 1.165) is 9.37 Å². The molecule has 1 aromatic carbocycles. The van der Waals surface area contributed by atoms with Crippen LogP contribution in [-0.2, 0) is 10.5 Å². The number of aromatic nitrogens is 2. The van der Waals surface area contributed by atoms with Crippen molar-refractivity contribution >= 4 is 27.7 Å². The Morgan fingerprint density at radius 2 is 2.16 bits per heavy atom. The molecule has 0 aliphatic rings. The van der Waals surface area contributed by atoms with Crippen LogP contribution in [0.5, 0.6) is 0 Å². The van der Waals surface area contributed by atoms with Gasteiger partial charge in [-0.25, -0.2) is 0 Å². The van der Waals surface area contributed by atoms with E-state index in [2.05, 4.69) is 26.1 Å². The molecule has 0 aliphatic heterocycles. The Labute approximate surface area is 124 Å². The molecule has 1 atom stereocenters. The third-order valence-electron chi connectivity index (χ3n) is 2.44. The number of methoxy groups -OCH3 is 1. The molecule has 7 heteroatoms. The standard InChI is InChI=1S/C12H14BrN3O2S/c1-17-10(6-14)12-15-11(16-18-12)7-19-9-4-2-8(13)3-5-9/h2-5,10H,6-7,14H2,1H3. The second-order valence-electron chi connectivity index (χ2n) is 3.75. The maximum Gasteiger partial charge on any atom is 0.257 e. The van der Waals surface area contributed by atoms with Crippen LogP contribution >= 0.6 is 27.7 Å². The molecule has 2 aromatic rings. The van der Waals surface area contributed by atoms with Gasteiger partial charge in [0.2, 0.25) is 0 Å². The molecular formula is C12H14BrN3O2S. The van der Waals surface area contributed by atoms with Gasteiger partial charge in [0.1, 0.15) is 6.10 Å². The Morgan fingerprint density at radius 1 is 1.42 bits per heavy atom. The van der Waals surface area contributed by atoms with Gasteiger partial charge in [0.05, 0.1) is 5.75 Å². The van der Waals surface area contributed by atoms with Crippen molar-refractivity contribution in [1.29, 1.82) is 0 Å². The van der Waals surface area contributed by atoms with Gasteiger partial charge in [-0.05, 0) is 24.3 Å². The van der Waals surface area contributed by atoms with Crippen LogP contribution < -0.4 is 5.73 Å². The summed E-state index contributed by atoms with van der Waals surface area (Å²) in [6.07, 6.45) is -0.334. The number of ether oxygens (including phenoxy) is 1. The summed E-state index contributed by atoms with van der Waals surface area (Å²) in [6.45, 7) is 0.317. The maximum atomic E-state index is 5.54. The summed E-state index contributed by atoms with van der Waals surface area (Å²) in [5.41, 5.74) is 5.54. The Balaban J connectivity index is 1.95. The zero-order chi connectivity index (χ0) is 13.7. The molecule has 1 heterocycles. The Kier molecular flexibility index (Phi) is 5.38. The molecule has 0 bridgehead atoms. The van der Waals surface area contributed by atoms with Crippen LogP contribution in [0.4, 0.5) is 0 Å². The summed E-state index contributed by atoms with van der Waals surface area (Å²) in [7, 11) is 1.57. The number of hydrogen-bond acceptors (Lipinski definition) is 6. The average Bonchev–Trinajstić information content (AvgIpc) is 2.88. The SMILES string of the molecule is COC(CN)c1nc(CSc2ccc(Br)cc2)no1. The lowest BCUT2D eigenvalue weighted by Gasteiger charge is -2.05. The van der Waals surface area contributed by atoms with Crippen molar-refractivity contribution in [2.45, 2.75) is 16.8 Å². The van der Waals surface area contributed by atoms with Crippen LogP contribution in [0.2, 0.25) is 0 Å². The Bertz CT molecular complexity index is 514. The van der Waals surface area contributed by atoms with Crippen LogP contribution in [-0.4, -0.2) is 23.8 Å². The highest BCUT2D eigenvalue weighted by atomic mass is 79.9. The van der Waals surface area contributed by atoms with Gasteiger partial charge in [0.15, 0.2) is 5.82 Å². The number of rotatable bonds is 6. The van der Waals surface area contributed by atoms with Gasteiger partial charge in [-0.1, -0.05) is 21.1 Å². The van der Waals surface area contributed by atoms with E-state index < -0.39 is 0 Å². The fourth-order valence-electron chi connectivity index (χ4n) is 1.43. The third-order valence-corrected chi connectivity index (χ3v) is 3.98. The maximum absolute atomic E-state index is 5.54. The molecule has 0 radical (unpaired) electrons. The number of hydrogen-bond donors (Lipinski definition) is 1. The molecule has 1 unspecified atom stereocenters. The molecule has 2 N–H and O–H groups in total. The van der Waals surface area contributed by atoms with Gasteiger partial charge in [0.25, 0.3) is 5.89 Å². The summed E-state index contributed by atoms with van der Waals surface area (Å²) in [5, 5.41) is 3.91. The topological polar surface area (TPSA) is 74.2 Å². The van der Waals surface area contributed by atoms with Gasteiger partial charge in [-0.15, -0.1) is 11.8 Å². The van der Waals surface area contributed by atoms with Crippen molar-refractivity contribution in [2.24, 2.45) is 5.73 Å². The van der Waals surface area contributed by atoms with E-state index in [1.54, 1.807) is 18.9 Å². The zero-order valence-corrected chi connectivity index (χ0v) is 12.8. The molecule has 0 saturated carbocycles. The minimum absolute atomic E-state index is 0.317. The lowest BCUT2D eigenvalue weighted by Crippen LogP contribution is -2.14. The predicted molar refractivity (Wildman–Crippen MR) is 76.8 cm³/mol. The monoisotopic (exact) mass is 343 g/mol. The van der Waals surface area contributed by atoms with Crippen molar-refractivity contribution in [1.82, 2.24) is 10.1 Å². The molecule has 2 rings (SSSR count). The van der Waals surface area contributed by atoms with E-state index in [9.17, 15) is 0 Å². The van der Waals surface area contributed by atoms with Crippen molar-refractivity contribution in [3.63, 3.8) is 0 Å². The fourth-order valence-corrected chi connectivity index (χ4v) is 2.44.